The number of para-hydroxylation sites is 1. The van der Waals surface area contributed by atoms with Crippen molar-refractivity contribution in [2.24, 2.45) is 7.05 Å². The third-order valence-electron chi connectivity index (χ3n) is 4.91. The number of aromatic nitrogens is 3. The lowest BCUT2D eigenvalue weighted by molar-refractivity contribution is 0.0926. The Morgan fingerprint density at radius 2 is 1.66 bits per heavy atom. The van der Waals surface area contributed by atoms with E-state index >= 15 is 0 Å². The van der Waals surface area contributed by atoms with Gasteiger partial charge in [0.15, 0.2) is 5.65 Å². The summed E-state index contributed by atoms with van der Waals surface area (Å²) in [5, 5.41) is 5.98. The van der Waals surface area contributed by atoms with E-state index in [0.29, 0.717) is 32.5 Å². The van der Waals surface area contributed by atoms with Crippen molar-refractivity contribution in [3.05, 3.63) is 75.9 Å². The van der Waals surface area contributed by atoms with Crippen molar-refractivity contribution in [3.8, 4) is 11.3 Å². The molecule has 2 amide bonds. The van der Waals surface area contributed by atoms with Gasteiger partial charge in [-0.1, -0.05) is 47.5 Å². The number of aryl methyl sites for hydroxylation is 1. The van der Waals surface area contributed by atoms with E-state index in [0.717, 1.165) is 10.5 Å². The molecule has 142 valence electrons. The monoisotopic (exact) mass is 422 g/mol. The molecule has 0 fully saturated rings. The highest BCUT2D eigenvalue weighted by atomic mass is 35.5. The molecule has 2 aromatic carbocycles. The fraction of sp³-hybridized carbons (Fsp3) is 0.0476. The summed E-state index contributed by atoms with van der Waals surface area (Å²) in [4.78, 5) is 31.9. The Labute approximate surface area is 175 Å². The van der Waals surface area contributed by atoms with Crippen LogP contribution in [0.25, 0.3) is 22.3 Å². The van der Waals surface area contributed by atoms with Gasteiger partial charge < -0.3 is 0 Å². The fourth-order valence-corrected chi connectivity index (χ4v) is 3.93. The van der Waals surface area contributed by atoms with Gasteiger partial charge in [0.1, 0.15) is 5.69 Å². The predicted octanol–water partition coefficient (Wildman–Crippen LogP) is 4.74. The van der Waals surface area contributed by atoms with Crippen LogP contribution in [-0.4, -0.2) is 26.6 Å². The SMILES string of the molecule is Cn1nc(-c2ccc(Cl)cc2)c2c3c(cnc21)C(=O)N(c1ccccc1Cl)C3=O. The molecule has 0 saturated carbocycles. The number of carbonyl (C=O) groups is 2. The summed E-state index contributed by atoms with van der Waals surface area (Å²) in [5.41, 5.74) is 2.68. The number of nitrogens with zero attached hydrogens (tertiary/aromatic N) is 4. The maximum atomic E-state index is 13.4. The van der Waals surface area contributed by atoms with Crippen LogP contribution in [0.2, 0.25) is 10.0 Å². The van der Waals surface area contributed by atoms with Gasteiger partial charge in [-0.25, -0.2) is 14.6 Å². The van der Waals surface area contributed by atoms with Crippen molar-refractivity contribution in [2.45, 2.75) is 0 Å². The Balaban J connectivity index is 1.78. The van der Waals surface area contributed by atoms with Crippen molar-refractivity contribution < 1.29 is 9.59 Å². The molecule has 8 heteroatoms. The van der Waals surface area contributed by atoms with Crippen molar-refractivity contribution in [1.82, 2.24) is 14.8 Å². The molecule has 29 heavy (non-hydrogen) atoms. The molecule has 0 bridgehead atoms. The van der Waals surface area contributed by atoms with Crippen molar-refractivity contribution in [2.75, 3.05) is 4.90 Å². The summed E-state index contributed by atoms with van der Waals surface area (Å²) >= 11 is 12.3. The first kappa shape index (κ1) is 17.8. The van der Waals surface area contributed by atoms with Gasteiger partial charge in [0, 0.05) is 23.8 Å². The van der Waals surface area contributed by atoms with E-state index in [1.54, 1.807) is 48.1 Å². The van der Waals surface area contributed by atoms with Crippen molar-refractivity contribution in [1.29, 1.82) is 0 Å². The zero-order valence-electron chi connectivity index (χ0n) is 15.1. The number of halogens is 2. The maximum Gasteiger partial charge on any atom is 0.267 e. The van der Waals surface area contributed by atoms with E-state index in [-0.39, 0.29) is 11.1 Å². The van der Waals surface area contributed by atoms with E-state index in [4.69, 9.17) is 23.2 Å². The van der Waals surface area contributed by atoms with Crippen LogP contribution < -0.4 is 4.90 Å². The largest absolute Gasteiger partial charge is 0.268 e. The van der Waals surface area contributed by atoms with Crippen LogP contribution in [-0.2, 0) is 7.05 Å². The van der Waals surface area contributed by atoms with Crippen LogP contribution in [0.3, 0.4) is 0 Å². The van der Waals surface area contributed by atoms with Gasteiger partial charge in [0.05, 0.1) is 27.2 Å². The second-order valence-electron chi connectivity index (χ2n) is 6.62. The number of hydrogen-bond acceptors (Lipinski definition) is 4. The Bertz CT molecular complexity index is 1330. The highest BCUT2D eigenvalue weighted by Gasteiger charge is 2.40. The van der Waals surface area contributed by atoms with E-state index in [1.807, 2.05) is 12.1 Å². The molecule has 4 aromatic rings. The lowest BCUT2D eigenvalue weighted by Crippen LogP contribution is -2.29. The van der Waals surface area contributed by atoms with Gasteiger partial charge in [-0.15, -0.1) is 0 Å². The van der Waals surface area contributed by atoms with Crippen LogP contribution in [0.1, 0.15) is 20.7 Å². The summed E-state index contributed by atoms with van der Waals surface area (Å²) in [5.74, 6) is -0.910. The second-order valence-corrected chi connectivity index (χ2v) is 7.47. The highest BCUT2D eigenvalue weighted by Crippen LogP contribution is 2.38. The van der Waals surface area contributed by atoms with Crippen LogP contribution in [0.5, 0.6) is 0 Å². The summed E-state index contributed by atoms with van der Waals surface area (Å²) < 4.78 is 1.59. The first-order valence-electron chi connectivity index (χ1n) is 8.72. The normalized spacial score (nSPS) is 13.4. The molecular formula is C21H12Cl2N4O2. The molecule has 2 aromatic heterocycles. The Morgan fingerprint density at radius 1 is 0.931 bits per heavy atom. The number of benzene rings is 2. The number of hydrogen-bond donors (Lipinski definition) is 0. The lowest BCUT2D eigenvalue weighted by atomic mass is 10.0. The minimum absolute atomic E-state index is 0.227. The summed E-state index contributed by atoms with van der Waals surface area (Å²) in [6, 6.07) is 13.9. The molecule has 0 radical (unpaired) electrons. The Kier molecular flexibility index (Phi) is 3.94. The van der Waals surface area contributed by atoms with E-state index in [1.165, 1.54) is 6.20 Å². The second kappa shape index (κ2) is 6.40. The van der Waals surface area contributed by atoms with Gasteiger partial charge in [-0.3, -0.25) is 9.59 Å². The molecule has 0 atom stereocenters. The van der Waals surface area contributed by atoms with Crippen LogP contribution in [0.4, 0.5) is 5.69 Å². The molecular weight excluding hydrogens is 411 g/mol. The third-order valence-corrected chi connectivity index (χ3v) is 5.49. The quantitative estimate of drug-likeness (QED) is 0.437. The average molecular weight is 423 g/mol. The van der Waals surface area contributed by atoms with Gasteiger partial charge in [0.2, 0.25) is 0 Å². The molecule has 5 rings (SSSR count). The van der Waals surface area contributed by atoms with Gasteiger partial charge >= 0.3 is 0 Å². The number of imide groups is 1. The van der Waals surface area contributed by atoms with Crippen molar-refractivity contribution >= 4 is 51.7 Å². The van der Waals surface area contributed by atoms with Crippen molar-refractivity contribution in [3.63, 3.8) is 0 Å². The molecule has 0 spiro atoms. The molecule has 0 aliphatic carbocycles. The fourth-order valence-electron chi connectivity index (χ4n) is 3.59. The molecule has 3 heterocycles. The van der Waals surface area contributed by atoms with Crippen LogP contribution in [0, 0.1) is 0 Å². The number of amides is 2. The highest BCUT2D eigenvalue weighted by molar-refractivity contribution is 6.41. The van der Waals surface area contributed by atoms with E-state index in [2.05, 4.69) is 10.1 Å². The minimum atomic E-state index is -0.460. The number of rotatable bonds is 2. The van der Waals surface area contributed by atoms with Gasteiger partial charge in [-0.05, 0) is 24.3 Å². The number of fused-ring (bicyclic) bond motifs is 3. The molecule has 1 aliphatic rings. The predicted molar refractivity (Wildman–Crippen MR) is 112 cm³/mol. The minimum Gasteiger partial charge on any atom is -0.268 e. The third kappa shape index (κ3) is 2.57. The first-order valence-corrected chi connectivity index (χ1v) is 9.48. The molecule has 0 N–H and O–H groups in total. The Hall–Kier alpha value is -3.22. The van der Waals surface area contributed by atoms with Gasteiger partial charge in [0.25, 0.3) is 11.8 Å². The molecule has 6 nitrogen and oxygen atoms in total. The lowest BCUT2D eigenvalue weighted by Gasteiger charge is -2.15. The van der Waals surface area contributed by atoms with E-state index in [9.17, 15) is 9.59 Å². The van der Waals surface area contributed by atoms with Crippen LogP contribution >= 0.6 is 23.2 Å². The average Bonchev–Trinajstić information content (AvgIpc) is 3.18. The smallest absolute Gasteiger partial charge is 0.267 e. The van der Waals surface area contributed by atoms with E-state index < -0.39 is 11.8 Å². The summed E-state index contributed by atoms with van der Waals surface area (Å²) in [6.45, 7) is 0. The summed E-state index contributed by atoms with van der Waals surface area (Å²) in [7, 11) is 1.74. The topological polar surface area (TPSA) is 68.1 Å². The standard InChI is InChI=1S/C21H12Cl2N4O2/c1-26-19-17(18(25-26)11-6-8-12(22)9-7-11)16-13(10-24-19)20(28)27(21(16)29)15-5-3-2-4-14(15)23/h2-10H,1H3. The number of pyridine rings is 1. The molecule has 1 aliphatic heterocycles. The molecule has 0 unspecified atom stereocenters. The Morgan fingerprint density at radius 3 is 2.38 bits per heavy atom. The zero-order chi connectivity index (χ0) is 20.3. The zero-order valence-corrected chi connectivity index (χ0v) is 16.6. The maximum absolute atomic E-state index is 13.4. The van der Waals surface area contributed by atoms with Gasteiger partial charge in [-0.2, -0.15) is 5.10 Å². The number of carbonyl (C=O) groups excluding carboxylic acids is 2. The summed E-state index contributed by atoms with van der Waals surface area (Å²) in [6.07, 6.45) is 1.42. The van der Waals surface area contributed by atoms with Crippen LogP contribution in [0.15, 0.2) is 54.7 Å². The molecule has 0 saturated heterocycles. The number of anilines is 1. The first-order chi connectivity index (χ1) is 14.0.